The van der Waals surface area contributed by atoms with Crippen molar-refractivity contribution < 1.29 is 14.2 Å². The van der Waals surface area contributed by atoms with Crippen molar-refractivity contribution in [3.63, 3.8) is 0 Å². The van der Waals surface area contributed by atoms with Crippen LogP contribution in [0.15, 0.2) is 66.9 Å². The minimum atomic E-state index is -0.344. The van der Waals surface area contributed by atoms with Gasteiger partial charge in [0, 0.05) is 36.4 Å². The maximum Gasteiger partial charge on any atom is 0.269 e. The molecule has 2 atom stereocenters. The summed E-state index contributed by atoms with van der Waals surface area (Å²) in [7, 11) is 0. The second kappa shape index (κ2) is 9.67. The van der Waals surface area contributed by atoms with Crippen LogP contribution in [0.5, 0.6) is 0 Å². The summed E-state index contributed by atoms with van der Waals surface area (Å²) in [6, 6.07) is 18.0. The average Bonchev–Trinajstić information content (AvgIpc) is 3.15. The van der Waals surface area contributed by atoms with Gasteiger partial charge in [0.1, 0.15) is 18.9 Å². The molecule has 1 aromatic heterocycles. The van der Waals surface area contributed by atoms with E-state index in [1.54, 1.807) is 12.1 Å². The van der Waals surface area contributed by atoms with Gasteiger partial charge in [0.05, 0.1) is 16.7 Å². The first-order chi connectivity index (χ1) is 14.3. The highest BCUT2D eigenvalue weighted by atomic mass is 19.1. The summed E-state index contributed by atoms with van der Waals surface area (Å²) in [5.41, 5.74) is 3.32. The summed E-state index contributed by atoms with van der Waals surface area (Å²) in [6.07, 6.45) is 2.05. The number of nitrogens with zero attached hydrogens (tertiary/aromatic N) is 2. The second-order valence-electron chi connectivity index (χ2n) is 8.23. The van der Waals surface area contributed by atoms with Crippen molar-refractivity contribution in [2.75, 3.05) is 0 Å². The summed E-state index contributed by atoms with van der Waals surface area (Å²) in [6.45, 7) is 8.83. The fourth-order valence-corrected chi connectivity index (χ4v) is 3.68. The number of rotatable bonds is 9. The Bertz CT molecular complexity index is 982. The molecule has 1 N–H and O–H groups in total. The Hall–Kier alpha value is -2.99. The molecular formula is C24H29FN3O2+. The number of nitro benzene ring substituents is 1. The normalized spacial score (nSPS) is 13.4. The van der Waals surface area contributed by atoms with Crippen LogP contribution in [0, 0.1) is 21.8 Å². The van der Waals surface area contributed by atoms with E-state index in [2.05, 4.69) is 31.4 Å². The van der Waals surface area contributed by atoms with Crippen molar-refractivity contribution in [3.8, 4) is 0 Å². The second-order valence-corrected chi connectivity index (χ2v) is 8.23. The summed E-state index contributed by atoms with van der Waals surface area (Å²) in [4.78, 5) is 12.2. The standard InChI is InChI=1S/C24H28FN3O2/c1-18(2)19(3)27(16-21-6-4-7-23(14-21)28(29)30)17-24-8-5-13-26(24)15-20-9-11-22(25)12-10-20/h4-14,18-19H,15-17H2,1-3H3/p+1/t19-/m1/s1. The molecule has 158 valence electrons. The van der Waals surface area contributed by atoms with Crippen LogP contribution >= 0.6 is 0 Å². The number of non-ortho nitro benzene ring substituents is 1. The van der Waals surface area contributed by atoms with Crippen LogP contribution in [0.25, 0.3) is 0 Å². The molecule has 0 aliphatic carbocycles. The molecule has 0 aliphatic rings. The lowest BCUT2D eigenvalue weighted by molar-refractivity contribution is -0.954. The maximum atomic E-state index is 13.2. The van der Waals surface area contributed by atoms with Crippen LogP contribution in [0.1, 0.15) is 37.6 Å². The van der Waals surface area contributed by atoms with Gasteiger partial charge in [0.2, 0.25) is 0 Å². The van der Waals surface area contributed by atoms with Gasteiger partial charge in [-0.15, -0.1) is 0 Å². The minimum Gasteiger partial charge on any atom is -0.342 e. The van der Waals surface area contributed by atoms with Gasteiger partial charge in [0.25, 0.3) is 5.69 Å². The first-order valence-corrected chi connectivity index (χ1v) is 10.3. The topological polar surface area (TPSA) is 52.5 Å². The van der Waals surface area contributed by atoms with Crippen LogP contribution in [0.4, 0.5) is 10.1 Å². The molecule has 0 saturated carbocycles. The van der Waals surface area contributed by atoms with E-state index in [0.717, 1.165) is 17.7 Å². The molecule has 3 aromatic rings. The zero-order chi connectivity index (χ0) is 21.7. The highest BCUT2D eigenvalue weighted by Crippen LogP contribution is 2.13. The highest BCUT2D eigenvalue weighted by Gasteiger charge is 2.23. The van der Waals surface area contributed by atoms with Crippen molar-refractivity contribution in [2.45, 2.75) is 46.4 Å². The number of benzene rings is 2. The number of quaternary nitrogens is 1. The number of nitro groups is 1. The maximum absolute atomic E-state index is 13.2. The molecule has 1 unspecified atom stereocenters. The molecule has 3 rings (SSSR count). The molecule has 0 spiro atoms. The number of aromatic nitrogens is 1. The predicted molar refractivity (Wildman–Crippen MR) is 116 cm³/mol. The van der Waals surface area contributed by atoms with E-state index in [0.29, 0.717) is 25.0 Å². The summed E-state index contributed by atoms with van der Waals surface area (Å²) >= 11 is 0. The van der Waals surface area contributed by atoms with E-state index in [9.17, 15) is 14.5 Å². The van der Waals surface area contributed by atoms with Crippen LogP contribution in [-0.2, 0) is 19.6 Å². The highest BCUT2D eigenvalue weighted by molar-refractivity contribution is 5.33. The largest absolute Gasteiger partial charge is 0.342 e. The Kier molecular flexibility index (Phi) is 7.00. The Morgan fingerprint density at radius 2 is 1.73 bits per heavy atom. The smallest absolute Gasteiger partial charge is 0.269 e. The lowest BCUT2D eigenvalue weighted by atomic mass is 10.0. The van der Waals surface area contributed by atoms with E-state index in [1.807, 2.05) is 30.5 Å². The Balaban J connectivity index is 1.81. The van der Waals surface area contributed by atoms with Gasteiger partial charge >= 0.3 is 0 Å². The van der Waals surface area contributed by atoms with Gasteiger partial charge in [-0.1, -0.05) is 38.1 Å². The third kappa shape index (κ3) is 5.54. The summed E-state index contributed by atoms with van der Waals surface area (Å²) < 4.78 is 15.4. The van der Waals surface area contributed by atoms with Crippen molar-refractivity contribution in [2.24, 2.45) is 5.92 Å². The number of halogens is 1. The molecule has 2 aromatic carbocycles. The number of nitrogens with one attached hydrogen (secondary N) is 1. The van der Waals surface area contributed by atoms with E-state index in [-0.39, 0.29) is 16.4 Å². The number of hydrogen-bond donors (Lipinski definition) is 1. The number of hydrogen-bond acceptors (Lipinski definition) is 2. The van der Waals surface area contributed by atoms with Crippen molar-refractivity contribution in [3.05, 3.63) is 99.6 Å². The average molecular weight is 411 g/mol. The molecule has 0 amide bonds. The first kappa shape index (κ1) is 21.7. The van der Waals surface area contributed by atoms with E-state index in [1.165, 1.54) is 28.8 Å². The fourth-order valence-electron chi connectivity index (χ4n) is 3.68. The summed E-state index contributed by atoms with van der Waals surface area (Å²) in [5.74, 6) is 0.240. The Morgan fingerprint density at radius 3 is 2.40 bits per heavy atom. The Morgan fingerprint density at radius 1 is 1.00 bits per heavy atom. The molecule has 0 aliphatic heterocycles. The van der Waals surface area contributed by atoms with Gasteiger partial charge in [-0.05, 0) is 36.8 Å². The van der Waals surface area contributed by atoms with Gasteiger partial charge < -0.3 is 9.47 Å². The first-order valence-electron chi connectivity index (χ1n) is 10.3. The van der Waals surface area contributed by atoms with Crippen molar-refractivity contribution >= 4 is 5.69 Å². The zero-order valence-electron chi connectivity index (χ0n) is 17.7. The summed E-state index contributed by atoms with van der Waals surface area (Å²) in [5, 5.41) is 11.1. The van der Waals surface area contributed by atoms with Gasteiger partial charge in [-0.2, -0.15) is 0 Å². The molecule has 0 radical (unpaired) electrons. The minimum absolute atomic E-state index is 0.128. The monoisotopic (exact) mass is 410 g/mol. The van der Waals surface area contributed by atoms with Crippen LogP contribution in [-0.4, -0.2) is 15.5 Å². The molecule has 5 nitrogen and oxygen atoms in total. The van der Waals surface area contributed by atoms with Gasteiger partial charge in [-0.25, -0.2) is 4.39 Å². The predicted octanol–water partition coefficient (Wildman–Crippen LogP) is 4.21. The third-order valence-electron chi connectivity index (χ3n) is 5.79. The van der Waals surface area contributed by atoms with Crippen LogP contribution in [0.3, 0.4) is 0 Å². The quantitative estimate of drug-likeness (QED) is 0.424. The molecule has 0 saturated heterocycles. The lowest BCUT2D eigenvalue weighted by Crippen LogP contribution is -3.13. The molecule has 30 heavy (non-hydrogen) atoms. The SMILES string of the molecule is CC(C)[C@@H](C)[NH+](Cc1cccc([N+](=O)[O-])c1)Cc1cccn1Cc1ccc(F)cc1. The van der Waals surface area contributed by atoms with Crippen LogP contribution < -0.4 is 4.90 Å². The molecular weight excluding hydrogens is 381 g/mol. The van der Waals surface area contributed by atoms with Gasteiger partial charge in [0.15, 0.2) is 0 Å². The molecule has 0 bridgehead atoms. The van der Waals surface area contributed by atoms with E-state index in [4.69, 9.17) is 0 Å². The third-order valence-corrected chi connectivity index (χ3v) is 5.79. The molecule has 6 heteroatoms. The molecule has 0 fully saturated rings. The Labute approximate surface area is 176 Å². The molecule has 1 heterocycles. The van der Waals surface area contributed by atoms with E-state index >= 15 is 0 Å². The van der Waals surface area contributed by atoms with Crippen molar-refractivity contribution in [1.29, 1.82) is 0 Å². The van der Waals surface area contributed by atoms with Gasteiger partial charge in [-0.3, -0.25) is 10.1 Å². The zero-order valence-corrected chi connectivity index (χ0v) is 17.7. The fraction of sp³-hybridized carbons (Fsp3) is 0.333. The van der Waals surface area contributed by atoms with Crippen LogP contribution in [0.2, 0.25) is 0 Å². The van der Waals surface area contributed by atoms with E-state index < -0.39 is 0 Å². The van der Waals surface area contributed by atoms with Crippen molar-refractivity contribution in [1.82, 2.24) is 4.57 Å². The lowest BCUT2D eigenvalue weighted by Gasteiger charge is -2.29.